The number of thioether (sulfide) groups is 1. The second-order valence-electron chi connectivity index (χ2n) is 3.38. The number of hydrogen-bond acceptors (Lipinski definition) is 3. The van der Waals surface area contributed by atoms with Crippen molar-refractivity contribution < 1.29 is 9.90 Å². The fraction of sp³-hybridized carbons (Fsp3) is 0.167. The molecule has 0 aliphatic heterocycles. The highest BCUT2D eigenvalue weighted by molar-refractivity contribution is 9.10. The normalized spacial score (nSPS) is 10.7. The summed E-state index contributed by atoms with van der Waals surface area (Å²) in [6.45, 7) is 1.99. The predicted molar refractivity (Wildman–Crippen MR) is 72.8 cm³/mol. The lowest BCUT2D eigenvalue weighted by Crippen LogP contribution is -2.03. The number of nitrogens with zero attached hydrogens (tertiary/aromatic N) is 1. The van der Waals surface area contributed by atoms with E-state index in [4.69, 9.17) is 5.11 Å². The predicted octanol–water partition coefficient (Wildman–Crippen LogP) is 3.81. The third kappa shape index (κ3) is 2.45. The van der Waals surface area contributed by atoms with Crippen molar-refractivity contribution in [2.24, 2.45) is 0 Å². The quantitative estimate of drug-likeness (QED) is 0.876. The van der Waals surface area contributed by atoms with Gasteiger partial charge in [-0.3, -0.25) is 0 Å². The molecule has 0 bridgehead atoms. The summed E-state index contributed by atoms with van der Waals surface area (Å²) in [5.74, 6) is -0.166. The van der Waals surface area contributed by atoms with Crippen molar-refractivity contribution >= 4 is 44.6 Å². The Kier molecular flexibility index (Phi) is 3.69. The van der Waals surface area contributed by atoms with E-state index in [0.29, 0.717) is 10.4 Å². The maximum Gasteiger partial charge on any atom is 0.355 e. The van der Waals surface area contributed by atoms with E-state index in [-0.39, 0.29) is 5.69 Å². The number of aromatic nitrogens is 1. The molecule has 17 heavy (non-hydrogen) atoms. The molecular weight excluding hydrogens is 302 g/mol. The van der Waals surface area contributed by atoms with Crippen molar-refractivity contribution in [3.63, 3.8) is 0 Å². The van der Waals surface area contributed by atoms with Crippen LogP contribution in [0.2, 0.25) is 0 Å². The van der Waals surface area contributed by atoms with Crippen LogP contribution in [0.3, 0.4) is 0 Å². The zero-order valence-corrected chi connectivity index (χ0v) is 11.5. The Labute approximate surface area is 111 Å². The average Bonchev–Trinajstić information content (AvgIpc) is 2.29. The summed E-state index contributed by atoms with van der Waals surface area (Å²) < 4.78 is 0.928. The van der Waals surface area contributed by atoms with Gasteiger partial charge in [0, 0.05) is 14.8 Å². The van der Waals surface area contributed by atoms with Crippen LogP contribution in [0, 0.1) is 0 Å². The van der Waals surface area contributed by atoms with Gasteiger partial charge in [0.25, 0.3) is 0 Å². The minimum atomic E-state index is -0.983. The minimum absolute atomic E-state index is 0.127. The Morgan fingerprint density at radius 1 is 1.53 bits per heavy atom. The third-order valence-corrected chi connectivity index (χ3v) is 3.88. The molecule has 0 saturated heterocycles. The van der Waals surface area contributed by atoms with Crippen LogP contribution >= 0.6 is 27.7 Å². The largest absolute Gasteiger partial charge is 0.476 e. The average molecular weight is 312 g/mol. The number of pyridine rings is 1. The highest BCUT2D eigenvalue weighted by atomic mass is 79.9. The Balaban J connectivity index is 2.72. The number of carboxylic acid groups (broad SMARTS) is 1. The molecule has 0 atom stereocenters. The van der Waals surface area contributed by atoms with Gasteiger partial charge in [-0.05, 0) is 24.0 Å². The lowest BCUT2D eigenvalue weighted by atomic mass is 10.2. The molecule has 0 saturated carbocycles. The summed E-state index contributed by atoms with van der Waals surface area (Å²) in [6.07, 6.45) is 0. The highest BCUT2D eigenvalue weighted by Crippen LogP contribution is 2.29. The van der Waals surface area contributed by atoms with Gasteiger partial charge in [0.05, 0.1) is 5.52 Å². The fourth-order valence-corrected chi connectivity index (χ4v) is 2.81. The number of carbonyl (C=O) groups is 1. The molecule has 88 valence electrons. The molecule has 0 spiro atoms. The standard InChI is InChI=1S/C12H10BrNO2S/c1-2-17-10-6-7-8(13)4-3-5-9(7)14-11(10)12(15)16/h3-6H,2H2,1H3,(H,15,16). The Morgan fingerprint density at radius 3 is 2.94 bits per heavy atom. The number of hydrogen-bond donors (Lipinski definition) is 1. The number of halogens is 1. The molecule has 2 rings (SSSR count). The zero-order valence-electron chi connectivity index (χ0n) is 9.11. The van der Waals surface area contributed by atoms with Gasteiger partial charge in [-0.1, -0.05) is 28.9 Å². The van der Waals surface area contributed by atoms with Gasteiger partial charge in [0.2, 0.25) is 0 Å². The lowest BCUT2D eigenvalue weighted by Gasteiger charge is -2.07. The second kappa shape index (κ2) is 5.06. The maximum atomic E-state index is 11.1. The van der Waals surface area contributed by atoms with E-state index in [9.17, 15) is 4.79 Å². The summed E-state index contributed by atoms with van der Waals surface area (Å²) >= 11 is 4.94. The van der Waals surface area contributed by atoms with Gasteiger partial charge in [-0.2, -0.15) is 0 Å². The SMILES string of the molecule is CCSc1cc2c(Br)cccc2nc1C(=O)O. The van der Waals surface area contributed by atoms with E-state index < -0.39 is 5.97 Å². The Hall–Kier alpha value is -1.07. The van der Waals surface area contributed by atoms with Crippen molar-refractivity contribution in [3.05, 3.63) is 34.4 Å². The van der Waals surface area contributed by atoms with Crippen LogP contribution < -0.4 is 0 Å². The molecule has 0 unspecified atom stereocenters. The first kappa shape index (κ1) is 12.4. The van der Waals surface area contributed by atoms with Gasteiger partial charge in [0.15, 0.2) is 5.69 Å². The number of aromatic carboxylic acids is 1. The lowest BCUT2D eigenvalue weighted by molar-refractivity contribution is 0.0687. The van der Waals surface area contributed by atoms with Gasteiger partial charge >= 0.3 is 5.97 Å². The first-order valence-electron chi connectivity index (χ1n) is 5.09. The van der Waals surface area contributed by atoms with E-state index in [1.165, 1.54) is 11.8 Å². The molecule has 0 radical (unpaired) electrons. The van der Waals surface area contributed by atoms with Gasteiger partial charge in [0.1, 0.15) is 0 Å². The fourth-order valence-electron chi connectivity index (χ4n) is 1.56. The van der Waals surface area contributed by atoms with Crippen LogP contribution in [0.15, 0.2) is 33.6 Å². The van der Waals surface area contributed by atoms with Crippen molar-refractivity contribution in [2.75, 3.05) is 5.75 Å². The van der Waals surface area contributed by atoms with E-state index >= 15 is 0 Å². The molecule has 5 heteroatoms. The van der Waals surface area contributed by atoms with Gasteiger partial charge < -0.3 is 5.11 Å². The molecule has 1 aromatic carbocycles. The van der Waals surface area contributed by atoms with Crippen LogP contribution in [0.4, 0.5) is 0 Å². The molecule has 2 aromatic rings. The molecule has 0 amide bonds. The molecule has 0 aliphatic rings. The van der Waals surface area contributed by atoms with Crippen LogP contribution in [-0.4, -0.2) is 21.8 Å². The van der Waals surface area contributed by atoms with Crippen molar-refractivity contribution in [1.82, 2.24) is 4.98 Å². The smallest absolute Gasteiger partial charge is 0.355 e. The van der Waals surface area contributed by atoms with E-state index in [1.807, 2.05) is 31.2 Å². The number of carboxylic acids is 1. The molecule has 1 N–H and O–H groups in total. The van der Waals surface area contributed by atoms with Gasteiger partial charge in [-0.15, -0.1) is 11.8 Å². The van der Waals surface area contributed by atoms with E-state index in [1.54, 1.807) is 0 Å². The number of benzene rings is 1. The summed E-state index contributed by atoms with van der Waals surface area (Å²) in [5.41, 5.74) is 0.819. The van der Waals surface area contributed by atoms with Crippen molar-refractivity contribution in [2.45, 2.75) is 11.8 Å². The Morgan fingerprint density at radius 2 is 2.29 bits per heavy atom. The van der Waals surface area contributed by atoms with Crippen LogP contribution in [0.25, 0.3) is 10.9 Å². The molecule has 1 heterocycles. The molecular formula is C12H10BrNO2S. The van der Waals surface area contributed by atoms with Crippen molar-refractivity contribution in [1.29, 1.82) is 0 Å². The minimum Gasteiger partial charge on any atom is -0.476 e. The first-order valence-corrected chi connectivity index (χ1v) is 6.86. The molecule has 3 nitrogen and oxygen atoms in total. The summed E-state index contributed by atoms with van der Waals surface area (Å²) in [7, 11) is 0. The number of fused-ring (bicyclic) bond motifs is 1. The molecule has 1 aromatic heterocycles. The Bertz CT molecular complexity index is 586. The second-order valence-corrected chi connectivity index (χ2v) is 5.54. The van der Waals surface area contributed by atoms with E-state index in [2.05, 4.69) is 20.9 Å². The maximum absolute atomic E-state index is 11.1. The summed E-state index contributed by atoms with van der Waals surface area (Å²) in [5, 5.41) is 10.1. The third-order valence-electron chi connectivity index (χ3n) is 2.27. The van der Waals surface area contributed by atoms with Crippen LogP contribution in [0.1, 0.15) is 17.4 Å². The highest BCUT2D eigenvalue weighted by Gasteiger charge is 2.14. The molecule has 0 aliphatic carbocycles. The van der Waals surface area contributed by atoms with Crippen LogP contribution in [0.5, 0.6) is 0 Å². The summed E-state index contributed by atoms with van der Waals surface area (Å²) in [6, 6.07) is 7.46. The van der Waals surface area contributed by atoms with Gasteiger partial charge in [-0.25, -0.2) is 9.78 Å². The number of rotatable bonds is 3. The first-order chi connectivity index (χ1) is 8.13. The topological polar surface area (TPSA) is 50.2 Å². The van der Waals surface area contributed by atoms with Crippen LogP contribution in [-0.2, 0) is 0 Å². The van der Waals surface area contributed by atoms with Crippen molar-refractivity contribution in [3.8, 4) is 0 Å². The molecule has 0 fully saturated rings. The monoisotopic (exact) mass is 311 g/mol. The van der Waals surface area contributed by atoms with E-state index in [0.717, 1.165) is 15.6 Å². The zero-order chi connectivity index (χ0) is 12.4. The summed E-state index contributed by atoms with van der Waals surface area (Å²) in [4.78, 5) is 16.0.